The molecule has 5 aromatic rings. The number of nitrogens with zero attached hydrogens (tertiary/aromatic N) is 4. The topological polar surface area (TPSA) is 76.4 Å². The minimum Gasteiger partial charge on any atom is -0.406 e. The average Bonchev–Trinajstić information content (AvgIpc) is 3.33. The van der Waals surface area contributed by atoms with E-state index in [1.165, 1.54) is 24.3 Å². The molecule has 7 nitrogen and oxygen atoms in total. The quantitative estimate of drug-likeness (QED) is 0.136. The van der Waals surface area contributed by atoms with E-state index in [0.29, 0.717) is 27.9 Å². The van der Waals surface area contributed by atoms with Crippen LogP contribution in [0.4, 0.5) is 18.9 Å². The molecule has 39 heavy (non-hydrogen) atoms. The van der Waals surface area contributed by atoms with Gasteiger partial charge in [-0.3, -0.25) is 15.0 Å². The molecule has 0 atom stereocenters. The number of hydrogen-bond donors (Lipinski definition) is 2. The van der Waals surface area contributed by atoms with Crippen molar-refractivity contribution >= 4 is 51.0 Å². The molecule has 0 aliphatic carbocycles. The smallest absolute Gasteiger partial charge is 0.406 e. The van der Waals surface area contributed by atoms with Crippen molar-refractivity contribution in [3.63, 3.8) is 0 Å². The van der Waals surface area contributed by atoms with Crippen molar-refractivity contribution in [2.45, 2.75) is 26.1 Å². The number of thiocarbonyl (C=S) groups is 1. The first-order valence-corrected chi connectivity index (χ1v) is 12.4. The van der Waals surface area contributed by atoms with E-state index in [4.69, 9.17) is 12.2 Å². The van der Waals surface area contributed by atoms with Crippen LogP contribution < -0.4 is 15.5 Å². The van der Waals surface area contributed by atoms with Crippen molar-refractivity contribution < 1.29 is 17.9 Å². The molecule has 5 rings (SSSR count). The van der Waals surface area contributed by atoms with Crippen molar-refractivity contribution in [2.75, 3.05) is 5.32 Å². The molecule has 2 aromatic heterocycles. The highest BCUT2D eigenvalue weighted by Gasteiger charge is 2.31. The molecule has 0 saturated carbocycles. The summed E-state index contributed by atoms with van der Waals surface area (Å²) in [7, 11) is 0. The molecular formula is C28H23F3N6OS. The fourth-order valence-electron chi connectivity index (χ4n) is 4.22. The van der Waals surface area contributed by atoms with E-state index in [-0.39, 0.29) is 5.75 Å². The molecule has 198 valence electrons. The molecule has 0 aliphatic heterocycles. The van der Waals surface area contributed by atoms with Crippen LogP contribution in [0.25, 0.3) is 27.5 Å². The molecule has 0 saturated heterocycles. The number of hydrazone groups is 1. The summed E-state index contributed by atoms with van der Waals surface area (Å²) in [5.74, 6) is 0.0593. The Morgan fingerprint density at radius 2 is 1.82 bits per heavy atom. The molecule has 0 unspecified atom stereocenters. The summed E-state index contributed by atoms with van der Waals surface area (Å²) >= 11 is 5.38. The Labute approximate surface area is 227 Å². The maximum absolute atomic E-state index is 12.5. The van der Waals surface area contributed by atoms with Gasteiger partial charge in [0, 0.05) is 23.0 Å². The third-order valence-corrected chi connectivity index (χ3v) is 6.17. The molecule has 11 heteroatoms. The average molecular weight is 549 g/mol. The van der Waals surface area contributed by atoms with Crippen molar-refractivity contribution in [1.82, 2.24) is 20.0 Å². The number of aromatic nitrogens is 3. The van der Waals surface area contributed by atoms with E-state index < -0.39 is 6.36 Å². The van der Waals surface area contributed by atoms with Crippen molar-refractivity contribution in [3.8, 4) is 11.4 Å². The zero-order valence-corrected chi connectivity index (χ0v) is 21.7. The fraction of sp³-hybridized carbons (Fsp3) is 0.143. The number of fused-ring (bicyclic) bond motifs is 3. The SMILES string of the molecule is CC(C)c1ccccc1NC(=S)N/N=C/c1cc2ccc3c(ncn3-c3ccc(OC(F)(F)F)cc3)c2cn1. The zero-order chi connectivity index (χ0) is 27.6. The lowest BCUT2D eigenvalue weighted by Crippen LogP contribution is -2.24. The normalized spacial score (nSPS) is 11.9. The first-order chi connectivity index (χ1) is 18.7. The number of halogens is 3. The summed E-state index contributed by atoms with van der Waals surface area (Å²) in [4.78, 5) is 9.00. The first kappa shape index (κ1) is 26.1. The highest BCUT2D eigenvalue weighted by molar-refractivity contribution is 7.80. The van der Waals surface area contributed by atoms with E-state index in [9.17, 15) is 13.2 Å². The Balaban J connectivity index is 1.31. The van der Waals surface area contributed by atoms with E-state index in [1.54, 1.807) is 23.3 Å². The summed E-state index contributed by atoms with van der Waals surface area (Å²) in [5, 5.41) is 9.49. The Morgan fingerprint density at radius 3 is 2.56 bits per heavy atom. The number of benzene rings is 3. The summed E-state index contributed by atoms with van der Waals surface area (Å²) in [6.07, 6.45) is 0.173. The number of alkyl halides is 3. The predicted molar refractivity (Wildman–Crippen MR) is 151 cm³/mol. The fourth-order valence-corrected chi connectivity index (χ4v) is 4.39. The molecule has 0 bridgehead atoms. The number of pyridine rings is 1. The maximum atomic E-state index is 12.5. The molecule has 0 radical (unpaired) electrons. The lowest BCUT2D eigenvalue weighted by molar-refractivity contribution is -0.274. The van der Waals surface area contributed by atoms with Crippen LogP contribution in [0, 0.1) is 0 Å². The lowest BCUT2D eigenvalue weighted by atomic mass is 10.0. The van der Waals surface area contributed by atoms with Crippen LogP contribution in [-0.4, -0.2) is 32.2 Å². The van der Waals surface area contributed by atoms with Gasteiger partial charge in [-0.05, 0) is 71.6 Å². The third kappa shape index (κ3) is 5.99. The molecule has 0 fully saturated rings. The van der Waals surface area contributed by atoms with Crippen LogP contribution in [0.2, 0.25) is 0 Å². The van der Waals surface area contributed by atoms with Crippen molar-refractivity contribution in [2.24, 2.45) is 5.10 Å². The van der Waals surface area contributed by atoms with Gasteiger partial charge < -0.3 is 10.1 Å². The van der Waals surface area contributed by atoms with Gasteiger partial charge in [0.05, 0.1) is 22.9 Å². The van der Waals surface area contributed by atoms with Crippen LogP contribution >= 0.6 is 12.2 Å². The molecular weight excluding hydrogens is 525 g/mol. The summed E-state index contributed by atoms with van der Waals surface area (Å²) in [5.41, 5.74) is 7.68. The second-order valence-electron chi connectivity index (χ2n) is 8.99. The highest BCUT2D eigenvalue weighted by Crippen LogP contribution is 2.28. The van der Waals surface area contributed by atoms with Crippen LogP contribution in [-0.2, 0) is 0 Å². The van der Waals surface area contributed by atoms with Gasteiger partial charge >= 0.3 is 6.36 Å². The number of nitrogens with one attached hydrogen (secondary N) is 2. The van der Waals surface area contributed by atoms with Crippen LogP contribution in [0.3, 0.4) is 0 Å². The van der Waals surface area contributed by atoms with Gasteiger partial charge in [-0.25, -0.2) is 4.98 Å². The number of hydrogen-bond acceptors (Lipinski definition) is 5. The van der Waals surface area contributed by atoms with Crippen LogP contribution in [0.5, 0.6) is 5.75 Å². The highest BCUT2D eigenvalue weighted by atomic mass is 32.1. The van der Waals surface area contributed by atoms with Gasteiger partial charge in [0.15, 0.2) is 5.11 Å². The minimum absolute atomic E-state index is 0.286. The van der Waals surface area contributed by atoms with E-state index in [0.717, 1.165) is 27.5 Å². The number of anilines is 1. The van der Waals surface area contributed by atoms with Crippen molar-refractivity contribution in [1.29, 1.82) is 0 Å². The number of para-hydroxylation sites is 1. The zero-order valence-electron chi connectivity index (χ0n) is 20.9. The Kier molecular flexibility index (Phi) is 7.16. The molecule has 2 N–H and O–H groups in total. The minimum atomic E-state index is -4.74. The molecule has 0 spiro atoms. The monoisotopic (exact) mass is 548 g/mol. The van der Waals surface area contributed by atoms with E-state index >= 15 is 0 Å². The predicted octanol–water partition coefficient (Wildman–Crippen LogP) is 6.92. The van der Waals surface area contributed by atoms with Crippen LogP contribution in [0.1, 0.15) is 31.0 Å². The van der Waals surface area contributed by atoms with Gasteiger partial charge in [0.1, 0.15) is 12.1 Å². The number of rotatable bonds is 6. The summed E-state index contributed by atoms with van der Waals surface area (Å²) < 4.78 is 43.1. The number of imidazole rings is 1. The van der Waals surface area contributed by atoms with Crippen molar-refractivity contribution in [3.05, 3.63) is 90.5 Å². The largest absolute Gasteiger partial charge is 0.573 e. The Bertz CT molecular complexity index is 1680. The molecule has 0 amide bonds. The van der Waals surface area contributed by atoms with Gasteiger partial charge in [-0.15, -0.1) is 13.2 Å². The van der Waals surface area contributed by atoms with E-state index in [2.05, 4.69) is 50.5 Å². The Morgan fingerprint density at radius 1 is 1.05 bits per heavy atom. The second-order valence-corrected chi connectivity index (χ2v) is 9.39. The van der Waals surface area contributed by atoms with E-state index in [1.807, 2.05) is 36.4 Å². The summed E-state index contributed by atoms with van der Waals surface area (Å²) in [6, 6.07) is 19.3. The Hall–Kier alpha value is -4.51. The molecule has 3 aromatic carbocycles. The first-order valence-electron chi connectivity index (χ1n) is 12.0. The van der Waals surface area contributed by atoms with Crippen LogP contribution in [0.15, 0.2) is 84.4 Å². The van der Waals surface area contributed by atoms with Gasteiger partial charge in [0.25, 0.3) is 0 Å². The standard InChI is InChI=1S/C28H23F3N6OS/c1-17(2)22-5-3-4-6-24(22)35-27(39)36-34-14-19-13-18-7-12-25-26(23(18)15-32-19)33-16-37(25)20-8-10-21(11-9-20)38-28(29,30)31/h3-17H,1-2H3,(H2,35,36,39)/b34-14+. The molecule has 0 aliphatic rings. The van der Waals surface area contributed by atoms with Gasteiger partial charge in [-0.1, -0.05) is 38.1 Å². The lowest BCUT2D eigenvalue weighted by Gasteiger charge is -2.14. The maximum Gasteiger partial charge on any atom is 0.573 e. The second kappa shape index (κ2) is 10.7. The number of ether oxygens (including phenoxy) is 1. The third-order valence-electron chi connectivity index (χ3n) is 5.98. The summed E-state index contributed by atoms with van der Waals surface area (Å²) in [6.45, 7) is 4.24. The van der Waals surface area contributed by atoms with Gasteiger partial charge in [-0.2, -0.15) is 5.10 Å². The molecule has 2 heterocycles. The van der Waals surface area contributed by atoms with Gasteiger partial charge in [0.2, 0.25) is 0 Å².